The molecule has 84 valence electrons. The fourth-order valence-electron chi connectivity index (χ4n) is 1.38. The number of hydrogen-bond donors (Lipinski definition) is 0. The van der Waals surface area contributed by atoms with Crippen molar-refractivity contribution in [3.05, 3.63) is 42.9 Å². The number of nitrogens with zero attached hydrogens (tertiary/aromatic N) is 3. The molecule has 0 radical (unpaired) electrons. The Hall–Kier alpha value is -1.01. The van der Waals surface area contributed by atoms with Crippen LogP contribution in [0.1, 0.15) is 16.5 Å². The van der Waals surface area contributed by atoms with Crippen LogP contribution in [-0.2, 0) is 6.54 Å². The van der Waals surface area contributed by atoms with Crippen molar-refractivity contribution >= 4 is 27.3 Å². The van der Waals surface area contributed by atoms with E-state index >= 15 is 0 Å². The summed E-state index contributed by atoms with van der Waals surface area (Å²) in [7, 11) is 0. The minimum absolute atomic E-state index is 0.0712. The van der Waals surface area contributed by atoms with E-state index in [1.807, 2.05) is 19.2 Å². The summed E-state index contributed by atoms with van der Waals surface area (Å²) in [5.74, 6) is 0.693. The van der Waals surface area contributed by atoms with Crippen LogP contribution in [0, 0.1) is 13.8 Å². The van der Waals surface area contributed by atoms with E-state index in [-0.39, 0.29) is 5.56 Å². The number of aromatic nitrogens is 3. The lowest BCUT2D eigenvalue weighted by Gasteiger charge is -2.07. The van der Waals surface area contributed by atoms with Crippen molar-refractivity contribution in [1.29, 1.82) is 0 Å². The summed E-state index contributed by atoms with van der Waals surface area (Å²) >= 11 is 4.77. The van der Waals surface area contributed by atoms with E-state index in [0.29, 0.717) is 16.8 Å². The zero-order valence-corrected chi connectivity index (χ0v) is 11.3. The molecule has 0 N–H and O–H groups in total. The van der Waals surface area contributed by atoms with Crippen LogP contribution in [0.3, 0.4) is 0 Å². The number of halogens is 1. The summed E-state index contributed by atoms with van der Waals surface area (Å²) in [6.45, 7) is 4.23. The van der Waals surface area contributed by atoms with Crippen molar-refractivity contribution in [3.63, 3.8) is 0 Å². The lowest BCUT2D eigenvalue weighted by molar-refractivity contribution is 0.684. The van der Waals surface area contributed by atoms with Gasteiger partial charge in [0, 0.05) is 11.6 Å². The van der Waals surface area contributed by atoms with Gasteiger partial charge in [-0.2, -0.15) is 0 Å². The minimum atomic E-state index is -0.0712. The van der Waals surface area contributed by atoms with Crippen LogP contribution in [0.25, 0.3) is 0 Å². The summed E-state index contributed by atoms with van der Waals surface area (Å²) in [5, 5.41) is 2.96. The van der Waals surface area contributed by atoms with Gasteiger partial charge in [0.1, 0.15) is 10.3 Å². The Morgan fingerprint density at radius 1 is 1.50 bits per heavy atom. The lowest BCUT2D eigenvalue weighted by atomic mass is 10.4. The van der Waals surface area contributed by atoms with Gasteiger partial charge >= 0.3 is 0 Å². The molecule has 0 amide bonds. The fraction of sp³-hybridized carbons (Fsp3) is 0.300. The molecule has 0 saturated heterocycles. The van der Waals surface area contributed by atoms with Crippen LogP contribution >= 0.6 is 27.3 Å². The van der Waals surface area contributed by atoms with E-state index in [4.69, 9.17) is 0 Å². The minimum Gasteiger partial charge on any atom is -0.290 e. The van der Waals surface area contributed by atoms with Gasteiger partial charge in [-0.3, -0.25) is 9.36 Å². The molecule has 6 heteroatoms. The van der Waals surface area contributed by atoms with E-state index in [0.717, 1.165) is 10.7 Å². The third-order valence-corrected chi connectivity index (χ3v) is 3.56. The molecule has 0 aliphatic heterocycles. The Kier molecular flexibility index (Phi) is 3.20. The molecule has 4 nitrogen and oxygen atoms in total. The average molecular weight is 300 g/mol. The Morgan fingerprint density at radius 3 is 2.88 bits per heavy atom. The van der Waals surface area contributed by atoms with E-state index in [2.05, 4.69) is 25.9 Å². The first-order valence-corrected chi connectivity index (χ1v) is 6.38. The molecule has 16 heavy (non-hydrogen) atoms. The second-order valence-electron chi connectivity index (χ2n) is 3.40. The van der Waals surface area contributed by atoms with Gasteiger partial charge in [0.25, 0.3) is 5.56 Å². The highest BCUT2D eigenvalue weighted by Gasteiger charge is 2.07. The van der Waals surface area contributed by atoms with Crippen LogP contribution in [0.4, 0.5) is 0 Å². The van der Waals surface area contributed by atoms with Gasteiger partial charge in [-0.15, -0.1) is 11.3 Å². The molecule has 0 saturated carbocycles. The van der Waals surface area contributed by atoms with Gasteiger partial charge < -0.3 is 0 Å². The number of thiazole rings is 1. The first kappa shape index (κ1) is 11.5. The Balaban J connectivity index is 2.42. The van der Waals surface area contributed by atoms with Gasteiger partial charge in [-0.1, -0.05) is 0 Å². The van der Waals surface area contributed by atoms with Crippen molar-refractivity contribution in [1.82, 2.24) is 14.5 Å². The van der Waals surface area contributed by atoms with Gasteiger partial charge in [-0.25, -0.2) is 9.97 Å². The lowest BCUT2D eigenvalue weighted by Crippen LogP contribution is -2.24. The summed E-state index contributed by atoms with van der Waals surface area (Å²) in [5.41, 5.74) is 0.825. The second kappa shape index (κ2) is 4.47. The molecular formula is C10H10BrN3OS. The summed E-state index contributed by atoms with van der Waals surface area (Å²) < 4.78 is 2.09. The number of hydrogen-bond acceptors (Lipinski definition) is 4. The average Bonchev–Trinajstić information content (AvgIpc) is 2.65. The molecule has 0 aromatic carbocycles. The van der Waals surface area contributed by atoms with E-state index in [9.17, 15) is 4.79 Å². The van der Waals surface area contributed by atoms with Gasteiger partial charge in [0.05, 0.1) is 17.2 Å². The van der Waals surface area contributed by atoms with E-state index in [1.165, 1.54) is 6.20 Å². The van der Waals surface area contributed by atoms with E-state index in [1.54, 1.807) is 15.9 Å². The van der Waals surface area contributed by atoms with Crippen molar-refractivity contribution in [2.45, 2.75) is 20.4 Å². The van der Waals surface area contributed by atoms with E-state index < -0.39 is 0 Å². The fourth-order valence-corrected chi connectivity index (χ4v) is 2.30. The highest BCUT2D eigenvalue weighted by atomic mass is 79.9. The molecule has 0 aliphatic carbocycles. The Morgan fingerprint density at radius 2 is 2.25 bits per heavy atom. The van der Waals surface area contributed by atoms with Crippen LogP contribution < -0.4 is 5.56 Å². The van der Waals surface area contributed by atoms with Crippen molar-refractivity contribution in [2.24, 2.45) is 0 Å². The molecule has 2 rings (SSSR count). The largest absolute Gasteiger partial charge is 0.290 e. The molecule has 0 fully saturated rings. The zero-order chi connectivity index (χ0) is 11.7. The molecule has 0 aliphatic rings. The molecule has 0 spiro atoms. The predicted octanol–water partition coefficient (Wildman–Crippen LogP) is 2.13. The molecule has 2 heterocycles. The SMILES string of the molecule is Cc1nc(Cn2c(C)ncc(Br)c2=O)cs1. The van der Waals surface area contributed by atoms with Crippen molar-refractivity contribution in [2.75, 3.05) is 0 Å². The van der Waals surface area contributed by atoms with Gasteiger partial charge in [-0.05, 0) is 29.8 Å². The van der Waals surface area contributed by atoms with Gasteiger partial charge in [0.15, 0.2) is 0 Å². The maximum Gasteiger partial charge on any atom is 0.268 e. The van der Waals surface area contributed by atoms with Crippen LogP contribution in [0.5, 0.6) is 0 Å². The molecule has 0 unspecified atom stereocenters. The predicted molar refractivity (Wildman–Crippen MR) is 66.9 cm³/mol. The third-order valence-electron chi connectivity index (χ3n) is 2.19. The normalized spacial score (nSPS) is 10.7. The smallest absolute Gasteiger partial charge is 0.268 e. The molecule has 2 aromatic heterocycles. The summed E-state index contributed by atoms with van der Waals surface area (Å²) in [6.07, 6.45) is 1.53. The zero-order valence-electron chi connectivity index (χ0n) is 8.90. The van der Waals surface area contributed by atoms with Gasteiger partial charge in [0.2, 0.25) is 0 Å². The van der Waals surface area contributed by atoms with Crippen molar-refractivity contribution < 1.29 is 0 Å². The monoisotopic (exact) mass is 299 g/mol. The molecule has 0 atom stereocenters. The quantitative estimate of drug-likeness (QED) is 0.853. The van der Waals surface area contributed by atoms with Crippen LogP contribution in [0.15, 0.2) is 20.8 Å². The highest BCUT2D eigenvalue weighted by molar-refractivity contribution is 9.10. The Bertz CT molecular complexity index is 576. The second-order valence-corrected chi connectivity index (χ2v) is 5.32. The molecular weight excluding hydrogens is 290 g/mol. The molecule has 2 aromatic rings. The summed E-state index contributed by atoms with van der Waals surface area (Å²) in [4.78, 5) is 20.3. The first-order chi connectivity index (χ1) is 7.58. The first-order valence-electron chi connectivity index (χ1n) is 4.71. The maximum absolute atomic E-state index is 11.9. The maximum atomic E-state index is 11.9. The van der Waals surface area contributed by atoms with Crippen molar-refractivity contribution in [3.8, 4) is 0 Å². The standard InChI is InChI=1S/C10H10BrN3OS/c1-6-12-3-9(11)10(15)14(6)4-8-5-16-7(2)13-8/h3,5H,4H2,1-2H3. The number of rotatable bonds is 2. The summed E-state index contributed by atoms with van der Waals surface area (Å²) in [6, 6.07) is 0. The number of aryl methyl sites for hydroxylation is 2. The Labute approximate surface area is 105 Å². The van der Waals surface area contributed by atoms with Crippen LogP contribution in [0.2, 0.25) is 0 Å². The topological polar surface area (TPSA) is 47.8 Å². The third kappa shape index (κ3) is 2.22. The molecule has 0 bridgehead atoms. The highest BCUT2D eigenvalue weighted by Crippen LogP contribution is 2.10. The van der Waals surface area contributed by atoms with Crippen LogP contribution in [-0.4, -0.2) is 14.5 Å².